The molecule has 7 unspecified atom stereocenters. The molecule has 0 aliphatic carbocycles. The summed E-state index contributed by atoms with van der Waals surface area (Å²) in [4.78, 5) is 34.3. The molecule has 12 nitrogen and oxygen atoms in total. The van der Waals surface area contributed by atoms with E-state index < -0.39 is 79.3 Å². The van der Waals surface area contributed by atoms with Crippen LogP contribution in [0.2, 0.25) is 0 Å². The van der Waals surface area contributed by atoms with Crippen LogP contribution < -0.4 is 0 Å². The van der Waals surface area contributed by atoms with Gasteiger partial charge in [-0.15, -0.1) is 6.58 Å². The maximum absolute atomic E-state index is 12.0. The molecule has 1 rings (SSSR count). The van der Waals surface area contributed by atoms with Crippen molar-refractivity contribution in [1.29, 1.82) is 0 Å². The third kappa shape index (κ3) is 9.67. The van der Waals surface area contributed by atoms with Gasteiger partial charge in [0.15, 0.2) is 6.29 Å². The van der Waals surface area contributed by atoms with Gasteiger partial charge < -0.3 is 44.5 Å². The average Bonchev–Trinajstić information content (AvgIpc) is 2.76. The first-order chi connectivity index (χ1) is 16.1. The number of aliphatic carboxylic acids is 1. The third-order valence-electron chi connectivity index (χ3n) is 5.55. The van der Waals surface area contributed by atoms with Crippen LogP contribution >= 0.6 is 0 Å². The summed E-state index contributed by atoms with van der Waals surface area (Å²) in [5.74, 6) is -2.72. The van der Waals surface area contributed by atoms with Crippen LogP contribution in [0.15, 0.2) is 24.3 Å². The number of aliphatic hydroxyl groups excluding tert-OH is 3. The molecule has 0 aromatic heterocycles. The van der Waals surface area contributed by atoms with Crippen LogP contribution in [0, 0.1) is 0 Å². The Morgan fingerprint density at radius 1 is 1.09 bits per heavy atom. The van der Waals surface area contributed by atoms with Crippen LogP contribution in [0.1, 0.15) is 46.5 Å². The first kappa shape index (κ1) is 30.7. The average molecular weight is 505 g/mol. The molecule has 0 bridgehead atoms. The van der Waals surface area contributed by atoms with Gasteiger partial charge in [0, 0.05) is 5.57 Å². The number of methoxy groups -OCH3 is 1. The summed E-state index contributed by atoms with van der Waals surface area (Å²) >= 11 is 0. The Morgan fingerprint density at radius 2 is 1.71 bits per heavy atom. The molecule has 1 heterocycles. The smallest absolute Gasteiger partial charge is 0.333 e. The van der Waals surface area contributed by atoms with E-state index in [4.69, 9.17) is 19.3 Å². The third-order valence-corrected chi connectivity index (χ3v) is 5.55. The summed E-state index contributed by atoms with van der Waals surface area (Å²) in [5.41, 5.74) is -2.52. The van der Waals surface area contributed by atoms with E-state index in [2.05, 4.69) is 11.3 Å². The van der Waals surface area contributed by atoms with E-state index in [-0.39, 0.29) is 0 Å². The summed E-state index contributed by atoms with van der Waals surface area (Å²) < 4.78 is 21.0. The Bertz CT molecular complexity index is 791. The number of hydrogen-bond donors (Lipinski definition) is 5. The number of carbonyl (C=O) groups is 3. The molecule has 1 aliphatic rings. The zero-order chi connectivity index (χ0) is 27.0. The summed E-state index contributed by atoms with van der Waals surface area (Å²) in [6.07, 6.45) is -5.18. The fraction of sp³-hybridized carbons (Fsp3) is 0.696. The summed E-state index contributed by atoms with van der Waals surface area (Å²) in [6, 6.07) is 0. The highest BCUT2D eigenvalue weighted by Gasteiger charge is 2.46. The fourth-order valence-electron chi connectivity index (χ4n) is 3.37. The highest BCUT2D eigenvalue weighted by atomic mass is 16.7. The van der Waals surface area contributed by atoms with Crippen LogP contribution in [0.4, 0.5) is 0 Å². The molecular formula is C23H36O12. The lowest BCUT2D eigenvalue weighted by atomic mass is 9.96. The Kier molecular flexibility index (Phi) is 11.5. The first-order valence-electron chi connectivity index (χ1n) is 11.0. The van der Waals surface area contributed by atoms with Crippen molar-refractivity contribution in [3.8, 4) is 0 Å². The molecule has 0 spiro atoms. The second kappa shape index (κ2) is 13.1. The number of hydrogen-bond acceptors (Lipinski definition) is 11. The maximum atomic E-state index is 12.0. The van der Waals surface area contributed by atoms with Gasteiger partial charge in [0.2, 0.25) is 0 Å². The molecule has 1 fully saturated rings. The van der Waals surface area contributed by atoms with E-state index in [1.165, 1.54) is 13.2 Å². The molecule has 0 aromatic rings. The number of carboxylic acid groups (broad SMARTS) is 1. The minimum absolute atomic E-state index is 0.314. The van der Waals surface area contributed by atoms with Gasteiger partial charge in [-0.05, 0) is 33.6 Å². The normalized spacial score (nSPS) is 28.3. The van der Waals surface area contributed by atoms with Crippen LogP contribution in [-0.4, -0.2) is 99.1 Å². The Labute approximate surface area is 203 Å². The van der Waals surface area contributed by atoms with Crippen molar-refractivity contribution in [3.05, 3.63) is 24.3 Å². The molecule has 200 valence electrons. The molecule has 1 saturated heterocycles. The van der Waals surface area contributed by atoms with Crippen LogP contribution in [0.5, 0.6) is 0 Å². The summed E-state index contributed by atoms with van der Waals surface area (Å²) in [5, 5.41) is 49.6. The Morgan fingerprint density at radius 3 is 2.26 bits per heavy atom. The van der Waals surface area contributed by atoms with Gasteiger partial charge >= 0.3 is 17.9 Å². The van der Waals surface area contributed by atoms with E-state index in [1.807, 2.05) is 0 Å². The lowest BCUT2D eigenvalue weighted by Crippen LogP contribution is -2.60. The molecule has 35 heavy (non-hydrogen) atoms. The Hall–Kier alpha value is -2.35. The van der Waals surface area contributed by atoms with Crippen molar-refractivity contribution < 1.29 is 58.9 Å². The van der Waals surface area contributed by atoms with Crippen molar-refractivity contribution in [2.24, 2.45) is 0 Å². The number of aliphatic hydroxyl groups is 4. The summed E-state index contributed by atoms with van der Waals surface area (Å²) in [7, 11) is 1.27. The predicted octanol–water partition coefficient (Wildman–Crippen LogP) is -0.186. The molecule has 0 aromatic carbocycles. The van der Waals surface area contributed by atoms with Gasteiger partial charge in [-0.1, -0.05) is 12.2 Å². The fourth-order valence-corrected chi connectivity index (χ4v) is 3.37. The SMILES string of the molecule is C=CC(C)(CCC=C(C)C(=O)OC)OC1OC(COC(=O)CC(C)(O)CC(=O)O)C(O)C(O)C1O. The minimum atomic E-state index is -1.84. The monoisotopic (exact) mass is 504 g/mol. The van der Waals surface area contributed by atoms with E-state index in [9.17, 15) is 34.8 Å². The number of esters is 2. The zero-order valence-electron chi connectivity index (χ0n) is 20.4. The van der Waals surface area contributed by atoms with E-state index in [0.717, 1.165) is 6.92 Å². The van der Waals surface area contributed by atoms with Crippen LogP contribution in [-0.2, 0) is 33.3 Å². The van der Waals surface area contributed by atoms with Gasteiger partial charge in [-0.2, -0.15) is 0 Å². The number of carboxylic acids is 1. The van der Waals surface area contributed by atoms with E-state index >= 15 is 0 Å². The predicted molar refractivity (Wildman–Crippen MR) is 120 cm³/mol. The lowest BCUT2D eigenvalue weighted by Gasteiger charge is -2.43. The van der Waals surface area contributed by atoms with Gasteiger partial charge in [-0.25, -0.2) is 4.79 Å². The molecule has 0 amide bonds. The van der Waals surface area contributed by atoms with Crippen molar-refractivity contribution >= 4 is 17.9 Å². The lowest BCUT2D eigenvalue weighted by molar-refractivity contribution is -0.320. The zero-order valence-corrected chi connectivity index (χ0v) is 20.4. The summed E-state index contributed by atoms with van der Waals surface area (Å²) in [6.45, 7) is 7.57. The second-order valence-corrected chi connectivity index (χ2v) is 8.99. The number of ether oxygens (including phenoxy) is 4. The number of allylic oxidation sites excluding steroid dienone is 1. The minimum Gasteiger partial charge on any atom is -0.481 e. The highest BCUT2D eigenvalue weighted by Crippen LogP contribution is 2.29. The molecule has 1 aliphatic heterocycles. The number of rotatable bonds is 13. The molecular weight excluding hydrogens is 468 g/mol. The Balaban J connectivity index is 2.80. The van der Waals surface area contributed by atoms with Crippen molar-refractivity contribution in [2.75, 3.05) is 13.7 Å². The van der Waals surface area contributed by atoms with E-state index in [1.54, 1.807) is 19.9 Å². The molecule has 5 N–H and O–H groups in total. The van der Waals surface area contributed by atoms with Gasteiger partial charge in [0.05, 0.1) is 31.2 Å². The quantitative estimate of drug-likeness (QED) is 0.126. The maximum Gasteiger partial charge on any atom is 0.333 e. The van der Waals surface area contributed by atoms with Gasteiger partial charge in [0.25, 0.3) is 0 Å². The molecule has 12 heteroatoms. The highest BCUT2D eigenvalue weighted by molar-refractivity contribution is 5.87. The first-order valence-corrected chi connectivity index (χ1v) is 11.0. The largest absolute Gasteiger partial charge is 0.481 e. The second-order valence-electron chi connectivity index (χ2n) is 8.99. The van der Waals surface area contributed by atoms with Crippen LogP contribution in [0.25, 0.3) is 0 Å². The standard InChI is InChI=1S/C23H36O12/c1-6-23(4,9-7-8-13(2)20(30)32-5)35-21-19(29)18(28)17(27)14(34-21)12-33-16(26)11-22(3,31)10-15(24)25/h6,8,14,17-19,21,27-29,31H,1,7,9-12H2,2-5H3,(H,24,25). The van der Waals surface area contributed by atoms with Crippen LogP contribution in [0.3, 0.4) is 0 Å². The van der Waals surface area contributed by atoms with Gasteiger partial charge in [0.1, 0.15) is 31.0 Å². The van der Waals surface area contributed by atoms with E-state index in [0.29, 0.717) is 18.4 Å². The molecule has 0 saturated carbocycles. The number of carbonyl (C=O) groups excluding carboxylic acids is 2. The van der Waals surface area contributed by atoms with Crippen molar-refractivity contribution in [1.82, 2.24) is 0 Å². The molecule has 7 atom stereocenters. The van der Waals surface area contributed by atoms with Crippen molar-refractivity contribution in [2.45, 2.75) is 88.4 Å². The molecule has 0 radical (unpaired) electrons. The van der Waals surface area contributed by atoms with Gasteiger partial charge in [-0.3, -0.25) is 9.59 Å². The van der Waals surface area contributed by atoms with Crippen molar-refractivity contribution in [3.63, 3.8) is 0 Å². The topological polar surface area (TPSA) is 189 Å².